The maximum Gasteiger partial charge on any atom is 0.264 e. The van der Waals surface area contributed by atoms with Crippen molar-refractivity contribution in [3.63, 3.8) is 0 Å². The van der Waals surface area contributed by atoms with Gasteiger partial charge in [0.15, 0.2) is 0 Å². The van der Waals surface area contributed by atoms with Crippen LogP contribution in [0.25, 0.3) is 0 Å². The number of amides is 1. The van der Waals surface area contributed by atoms with E-state index in [0.29, 0.717) is 31.1 Å². The van der Waals surface area contributed by atoms with Gasteiger partial charge in [0.05, 0.1) is 35.2 Å². The molecule has 0 unspecified atom stereocenters. The summed E-state index contributed by atoms with van der Waals surface area (Å²) in [6, 6.07) is 22.9. The van der Waals surface area contributed by atoms with E-state index in [1.807, 2.05) is 49.4 Å². The molecule has 1 fully saturated rings. The molecule has 35 heavy (non-hydrogen) atoms. The molecule has 1 aliphatic heterocycles. The highest BCUT2D eigenvalue weighted by molar-refractivity contribution is 7.92. The Morgan fingerprint density at radius 1 is 0.971 bits per heavy atom. The van der Waals surface area contributed by atoms with Crippen LogP contribution in [0.3, 0.4) is 0 Å². The van der Waals surface area contributed by atoms with Crippen molar-refractivity contribution in [1.82, 2.24) is 0 Å². The van der Waals surface area contributed by atoms with Crippen LogP contribution in [0, 0.1) is 0 Å². The fourth-order valence-electron chi connectivity index (χ4n) is 4.06. The summed E-state index contributed by atoms with van der Waals surface area (Å²) in [7, 11) is -3.85. The lowest BCUT2D eigenvalue weighted by Crippen LogP contribution is -2.36. The monoisotopic (exact) mass is 493 g/mol. The van der Waals surface area contributed by atoms with E-state index in [1.165, 1.54) is 16.4 Å². The lowest BCUT2D eigenvalue weighted by atomic mass is 10.2. The molecule has 8 heteroatoms. The minimum Gasteiger partial charge on any atom is -0.378 e. The number of carbonyl (C=O) groups excluding carboxylic acids is 1. The predicted octanol–water partition coefficient (Wildman–Crippen LogP) is 4.77. The number of unbranched alkanes of at least 4 members (excludes halogenated alkanes) is 1. The highest BCUT2D eigenvalue weighted by atomic mass is 32.2. The van der Waals surface area contributed by atoms with Gasteiger partial charge in [0.2, 0.25) is 0 Å². The van der Waals surface area contributed by atoms with Gasteiger partial charge in [-0.3, -0.25) is 9.10 Å². The minimum atomic E-state index is -3.85. The molecule has 1 aliphatic rings. The van der Waals surface area contributed by atoms with E-state index in [1.54, 1.807) is 24.3 Å². The molecule has 1 amide bonds. The summed E-state index contributed by atoms with van der Waals surface area (Å²) in [5.74, 6) is -0.359. The number of hydrogen-bond donors (Lipinski definition) is 1. The van der Waals surface area contributed by atoms with E-state index in [0.717, 1.165) is 31.6 Å². The lowest BCUT2D eigenvalue weighted by Gasteiger charge is -2.30. The van der Waals surface area contributed by atoms with Crippen molar-refractivity contribution in [2.24, 2.45) is 0 Å². The number of hydrogen-bond acceptors (Lipinski definition) is 5. The zero-order valence-corrected chi connectivity index (χ0v) is 20.7. The first-order chi connectivity index (χ1) is 17.0. The van der Waals surface area contributed by atoms with Crippen LogP contribution >= 0.6 is 0 Å². The van der Waals surface area contributed by atoms with E-state index >= 15 is 0 Å². The molecule has 0 atom stereocenters. The van der Waals surface area contributed by atoms with Crippen LogP contribution in [0.15, 0.2) is 83.8 Å². The number of anilines is 3. The third kappa shape index (κ3) is 5.83. The molecule has 4 rings (SSSR count). The molecular formula is C27H31N3O4S. The van der Waals surface area contributed by atoms with Crippen LogP contribution in [0.5, 0.6) is 0 Å². The quantitative estimate of drug-likeness (QED) is 0.465. The fourth-order valence-corrected chi connectivity index (χ4v) is 5.61. The minimum absolute atomic E-state index is 0.0894. The normalized spacial score (nSPS) is 13.9. The average Bonchev–Trinajstić information content (AvgIpc) is 2.90. The maximum absolute atomic E-state index is 13.6. The first kappa shape index (κ1) is 24.8. The van der Waals surface area contributed by atoms with Gasteiger partial charge in [0.25, 0.3) is 15.9 Å². The van der Waals surface area contributed by atoms with Crippen LogP contribution in [0.4, 0.5) is 17.1 Å². The Hall–Kier alpha value is -3.36. The van der Waals surface area contributed by atoms with Crippen LogP contribution < -0.4 is 14.5 Å². The summed E-state index contributed by atoms with van der Waals surface area (Å²) in [4.78, 5) is 15.4. The number of rotatable bonds is 9. The van der Waals surface area contributed by atoms with Crippen molar-refractivity contribution in [3.8, 4) is 0 Å². The van der Waals surface area contributed by atoms with Gasteiger partial charge in [-0.25, -0.2) is 8.42 Å². The Morgan fingerprint density at radius 3 is 2.43 bits per heavy atom. The molecule has 0 bridgehead atoms. The number of para-hydroxylation sites is 3. The second-order valence-electron chi connectivity index (χ2n) is 8.36. The molecule has 0 saturated carbocycles. The number of carbonyl (C=O) groups is 1. The van der Waals surface area contributed by atoms with Crippen molar-refractivity contribution in [2.45, 2.75) is 24.7 Å². The van der Waals surface area contributed by atoms with Crippen molar-refractivity contribution >= 4 is 33.0 Å². The number of ether oxygens (including phenoxy) is 1. The third-order valence-electron chi connectivity index (χ3n) is 5.95. The van der Waals surface area contributed by atoms with Gasteiger partial charge in [-0.15, -0.1) is 0 Å². The number of nitrogens with zero attached hydrogens (tertiary/aromatic N) is 2. The van der Waals surface area contributed by atoms with Crippen LogP contribution in [-0.4, -0.2) is 47.2 Å². The van der Waals surface area contributed by atoms with Crippen molar-refractivity contribution < 1.29 is 17.9 Å². The molecule has 0 spiro atoms. The number of sulfonamides is 1. The largest absolute Gasteiger partial charge is 0.378 e. The smallest absolute Gasteiger partial charge is 0.264 e. The van der Waals surface area contributed by atoms with Crippen LogP contribution in [-0.2, 0) is 14.8 Å². The molecule has 7 nitrogen and oxygen atoms in total. The second-order valence-corrected chi connectivity index (χ2v) is 10.2. The van der Waals surface area contributed by atoms with E-state index < -0.39 is 10.0 Å². The average molecular weight is 494 g/mol. The number of morpholine rings is 1. The predicted molar refractivity (Wildman–Crippen MR) is 140 cm³/mol. The van der Waals surface area contributed by atoms with E-state index in [-0.39, 0.29) is 16.4 Å². The molecule has 1 saturated heterocycles. The summed E-state index contributed by atoms with van der Waals surface area (Å²) in [6.07, 6.45) is 1.59. The molecular weight excluding hydrogens is 462 g/mol. The summed E-state index contributed by atoms with van der Waals surface area (Å²) in [5, 5.41) is 2.97. The van der Waals surface area contributed by atoms with Gasteiger partial charge in [-0.1, -0.05) is 49.7 Å². The molecule has 0 aliphatic carbocycles. The van der Waals surface area contributed by atoms with Gasteiger partial charge in [0, 0.05) is 25.2 Å². The molecule has 1 heterocycles. The maximum atomic E-state index is 13.6. The first-order valence-corrected chi connectivity index (χ1v) is 13.4. The number of benzene rings is 3. The fraction of sp³-hybridized carbons (Fsp3) is 0.296. The van der Waals surface area contributed by atoms with Gasteiger partial charge < -0.3 is 15.0 Å². The second kappa shape index (κ2) is 11.4. The molecule has 0 radical (unpaired) electrons. The zero-order chi connectivity index (χ0) is 24.7. The Morgan fingerprint density at radius 2 is 1.69 bits per heavy atom. The van der Waals surface area contributed by atoms with Gasteiger partial charge >= 0.3 is 0 Å². The summed E-state index contributed by atoms with van der Waals surface area (Å²) in [6.45, 7) is 5.15. The molecule has 0 aromatic heterocycles. The highest BCUT2D eigenvalue weighted by Crippen LogP contribution is 2.28. The topological polar surface area (TPSA) is 79.0 Å². The Kier molecular flexibility index (Phi) is 8.05. The highest BCUT2D eigenvalue weighted by Gasteiger charge is 2.25. The Balaban J connectivity index is 1.60. The van der Waals surface area contributed by atoms with Gasteiger partial charge in [-0.05, 0) is 48.9 Å². The van der Waals surface area contributed by atoms with Crippen molar-refractivity contribution in [3.05, 3.63) is 84.4 Å². The summed E-state index contributed by atoms with van der Waals surface area (Å²) >= 11 is 0. The molecule has 1 N–H and O–H groups in total. The van der Waals surface area contributed by atoms with Gasteiger partial charge in [0.1, 0.15) is 0 Å². The Bertz CT molecular complexity index is 1240. The number of nitrogens with one attached hydrogen (secondary N) is 1. The summed E-state index contributed by atoms with van der Waals surface area (Å²) < 4.78 is 34.1. The third-order valence-corrected chi connectivity index (χ3v) is 7.77. The standard InChI is InChI=1S/C27H31N3O4S/c1-2-3-16-30(23-11-5-4-6-12-23)35(32,33)24-13-9-10-22(21-24)27(31)28-25-14-7-8-15-26(25)29-17-19-34-20-18-29/h4-15,21H,2-3,16-20H2,1H3,(H,28,31). The van der Waals surface area contributed by atoms with Crippen molar-refractivity contribution in [1.29, 1.82) is 0 Å². The first-order valence-electron chi connectivity index (χ1n) is 11.9. The Labute approximate surface area is 207 Å². The zero-order valence-electron chi connectivity index (χ0n) is 19.9. The lowest BCUT2D eigenvalue weighted by molar-refractivity contribution is 0.102. The molecule has 3 aromatic carbocycles. The summed E-state index contributed by atoms with van der Waals surface area (Å²) in [5.41, 5.74) is 2.49. The van der Waals surface area contributed by atoms with Crippen molar-refractivity contribution in [2.75, 3.05) is 47.4 Å². The molecule has 184 valence electrons. The van der Waals surface area contributed by atoms with Crippen LogP contribution in [0.2, 0.25) is 0 Å². The van der Waals surface area contributed by atoms with E-state index in [9.17, 15) is 13.2 Å². The van der Waals surface area contributed by atoms with E-state index in [4.69, 9.17) is 4.74 Å². The van der Waals surface area contributed by atoms with Crippen LogP contribution in [0.1, 0.15) is 30.1 Å². The van der Waals surface area contributed by atoms with E-state index in [2.05, 4.69) is 10.2 Å². The molecule has 3 aromatic rings. The van der Waals surface area contributed by atoms with Gasteiger partial charge in [-0.2, -0.15) is 0 Å². The SMILES string of the molecule is CCCCN(c1ccccc1)S(=O)(=O)c1cccc(C(=O)Nc2ccccc2N2CCOCC2)c1.